The topological polar surface area (TPSA) is 96.6 Å². The number of Topliss-reactive ketones (excluding diaryl/α,β-unsaturated/α-hetero) is 1. The van der Waals surface area contributed by atoms with E-state index >= 15 is 0 Å². The van der Waals surface area contributed by atoms with Crippen LogP contribution in [0.25, 0.3) is 16.3 Å². The molecule has 6 nitrogen and oxygen atoms in total. The zero-order chi connectivity index (χ0) is 12.9. The Bertz CT molecular complexity index is 788. The van der Waals surface area contributed by atoms with Crippen LogP contribution in [-0.2, 0) is 0 Å². The van der Waals surface area contributed by atoms with Crippen LogP contribution in [-0.4, -0.2) is 21.2 Å². The first-order valence-electron chi connectivity index (χ1n) is 5.12. The van der Waals surface area contributed by atoms with Crippen LogP contribution in [0.3, 0.4) is 0 Å². The van der Waals surface area contributed by atoms with Gasteiger partial charge >= 0.3 is 5.71 Å². The summed E-state index contributed by atoms with van der Waals surface area (Å²) >= 11 is 0. The summed E-state index contributed by atoms with van der Waals surface area (Å²) < 4.78 is 0. The Labute approximate surface area is 100 Å². The van der Waals surface area contributed by atoms with Crippen LogP contribution in [0.2, 0.25) is 0 Å². The second-order valence-corrected chi connectivity index (χ2v) is 3.90. The Morgan fingerprint density at radius 3 is 2.61 bits per heavy atom. The largest absolute Gasteiger partial charge is 0.370 e. The van der Waals surface area contributed by atoms with Gasteiger partial charge in [0.1, 0.15) is 0 Å². The maximum Gasteiger partial charge on any atom is 0.370 e. The molecule has 86 valence electrons. The van der Waals surface area contributed by atoms with E-state index in [1.807, 2.05) is 0 Å². The quantitative estimate of drug-likeness (QED) is 0.329. The molecule has 0 heterocycles. The molecule has 0 fully saturated rings. The van der Waals surface area contributed by atoms with Crippen LogP contribution in [0.15, 0.2) is 30.3 Å². The average molecular weight is 239 g/mol. The van der Waals surface area contributed by atoms with Crippen molar-refractivity contribution >= 4 is 28.0 Å². The first-order valence-corrected chi connectivity index (χ1v) is 5.12. The summed E-state index contributed by atoms with van der Waals surface area (Å²) in [5.41, 5.74) is 9.49. The third-order valence-corrected chi connectivity index (χ3v) is 3.03. The van der Waals surface area contributed by atoms with E-state index in [0.717, 1.165) is 0 Å². The molecule has 0 aromatic heterocycles. The third-order valence-electron chi connectivity index (χ3n) is 3.03. The van der Waals surface area contributed by atoms with Gasteiger partial charge in [0.2, 0.25) is 0 Å². The predicted molar refractivity (Wildman–Crippen MR) is 62.7 cm³/mol. The second-order valence-electron chi connectivity index (χ2n) is 3.90. The van der Waals surface area contributed by atoms with Gasteiger partial charge in [-0.3, -0.25) is 14.9 Å². The van der Waals surface area contributed by atoms with E-state index < -0.39 is 10.7 Å². The Kier molecular flexibility index (Phi) is 1.90. The zero-order valence-electron chi connectivity index (χ0n) is 8.95. The molecule has 2 aromatic rings. The molecular weight excluding hydrogens is 234 g/mol. The third kappa shape index (κ3) is 1.09. The van der Waals surface area contributed by atoms with Gasteiger partial charge in [0.15, 0.2) is 0 Å². The first-order chi connectivity index (χ1) is 8.65. The van der Waals surface area contributed by atoms with Gasteiger partial charge < -0.3 is 5.53 Å². The fourth-order valence-corrected chi connectivity index (χ4v) is 2.29. The number of nitrogens with zero attached hydrogens (tertiary/aromatic N) is 3. The summed E-state index contributed by atoms with van der Waals surface area (Å²) in [5.74, 6) is -0.418. The highest BCUT2D eigenvalue weighted by Crippen LogP contribution is 2.35. The van der Waals surface area contributed by atoms with Crippen molar-refractivity contribution in [3.63, 3.8) is 0 Å². The second kappa shape index (κ2) is 3.32. The average Bonchev–Trinajstić information content (AvgIpc) is 2.64. The first kappa shape index (κ1) is 10.3. The van der Waals surface area contributed by atoms with E-state index in [1.165, 1.54) is 12.1 Å². The molecule has 0 amide bonds. The molecule has 0 aliphatic heterocycles. The molecule has 2 aromatic carbocycles. The molecule has 18 heavy (non-hydrogen) atoms. The number of carbonyl (C=O) groups is 1. The van der Waals surface area contributed by atoms with E-state index in [2.05, 4.69) is 4.79 Å². The number of hydrogen-bond acceptors (Lipinski definition) is 3. The van der Waals surface area contributed by atoms with Crippen molar-refractivity contribution in [2.24, 2.45) is 0 Å². The van der Waals surface area contributed by atoms with Crippen molar-refractivity contribution in [1.82, 2.24) is 0 Å². The van der Waals surface area contributed by atoms with Gasteiger partial charge in [-0.25, -0.2) is 0 Å². The normalized spacial score (nSPS) is 12.9. The molecule has 0 N–H and O–H groups in total. The number of benzene rings is 2. The van der Waals surface area contributed by atoms with E-state index in [9.17, 15) is 14.9 Å². The van der Waals surface area contributed by atoms with Crippen molar-refractivity contribution < 1.29 is 14.5 Å². The Balaban J connectivity index is 2.56. The summed E-state index contributed by atoms with van der Waals surface area (Å²) in [7, 11) is 0. The summed E-state index contributed by atoms with van der Waals surface area (Å²) in [6.45, 7) is 0. The number of hydrogen-bond donors (Lipinski definition) is 0. The summed E-state index contributed by atoms with van der Waals surface area (Å²) in [6.07, 6.45) is 0. The highest BCUT2D eigenvalue weighted by atomic mass is 16.6. The minimum absolute atomic E-state index is 0.0670. The van der Waals surface area contributed by atoms with Gasteiger partial charge in [-0.15, -0.1) is 0 Å². The van der Waals surface area contributed by atoms with Crippen molar-refractivity contribution in [1.29, 1.82) is 0 Å². The fourth-order valence-electron chi connectivity index (χ4n) is 2.29. The highest BCUT2D eigenvalue weighted by Gasteiger charge is 2.37. The predicted octanol–water partition coefficient (Wildman–Crippen LogP) is 1.96. The molecule has 0 atom stereocenters. The van der Waals surface area contributed by atoms with Gasteiger partial charge in [-0.05, 0) is 12.1 Å². The van der Waals surface area contributed by atoms with Gasteiger partial charge in [-0.2, -0.15) is 4.79 Å². The molecule has 0 bridgehead atoms. The molecule has 6 heteroatoms. The van der Waals surface area contributed by atoms with Crippen LogP contribution in [0.4, 0.5) is 5.69 Å². The lowest BCUT2D eigenvalue weighted by Gasteiger charge is -1.99. The molecule has 0 unspecified atom stereocenters. The molecule has 0 saturated heterocycles. The van der Waals surface area contributed by atoms with Crippen LogP contribution in [0.1, 0.15) is 15.9 Å². The number of nitro benzene ring substituents is 1. The Hall–Kier alpha value is -2.85. The van der Waals surface area contributed by atoms with Crippen molar-refractivity contribution in [3.05, 3.63) is 57.1 Å². The summed E-state index contributed by atoms with van der Waals surface area (Å²) in [6, 6.07) is 7.46. The minimum atomic E-state index is -0.499. The Morgan fingerprint density at radius 1 is 1.17 bits per heavy atom. The maximum atomic E-state index is 11.9. The molecule has 0 radical (unpaired) electrons. The molecule has 3 rings (SSSR count). The molecule has 0 saturated carbocycles. The van der Waals surface area contributed by atoms with E-state index in [1.54, 1.807) is 18.2 Å². The number of ketones is 1. The highest BCUT2D eigenvalue weighted by molar-refractivity contribution is 6.57. The number of rotatable bonds is 1. The number of carbonyl (C=O) groups excluding carboxylic acids is 1. The van der Waals surface area contributed by atoms with Gasteiger partial charge in [0.25, 0.3) is 11.5 Å². The standard InChI is InChI=1S/C12H5N3O3/c13-14-11-7-4-5-9(15(17)18)6-2-1-3-8(10(6)7)12(11)16/h1-5H. The van der Waals surface area contributed by atoms with Gasteiger partial charge in [-0.1, -0.05) is 12.1 Å². The molecule has 1 aliphatic carbocycles. The number of nitro groups is 1. The molecule has 1 aliphatic rings. The Morgan fingerprint density at radius 2 is 1.94 bits per heavy atom. The monoisotopic (exact) mass is 239 g/mol. The lowest BCUT2D eigenvalue weighted by Crippen LogP contribution is -2.09. The minimum Gasteiger partial charge on any atom is -0.361 e. The number of non-ortho nitro benzene ring substituents is 1. The van der Waals surface area contributed by atoms with Crippen molar-refractivity contribution in [2.45, 2.75) is 0 Å². The molecular formula is C12H5N3O3. The fraction of sp³-hybridized carbons (Fsp3) is 0. The summed E-state index contributed by atoms with van der Waals surface area (Å²) in [4.78, 5) is 25.3. The van der Waals surface area contributed by atoms with E-state index in [0.29, 0.717) is 21.9 Å². The lowest BCUT2D eigenvalue weighted by atomic mass is 10.0. The van der Waals surface area contributed by atoms with Crippen LogP contribution in [0, 0.1) is 10.1 Å². The summed E-state index contributed by atoms with van der Waals surface area (Å²) in [5, 5.41) is 11.8. The SMILES string of the molecule is [N-]=[N+]=C1C(=O)c2cccc3c([N+](=O)[O-])ccc1c23. The van der Waals surface area contributed by atoms with E-state index in [-0.39, 0.29) is 11.4 Å². The smallest absolute Gasteiger partial charge is 0.361 e. The van der Waals surface area contributed by atoms with E-state index in [4.69, 9.17) is 5.53 Å². The maximum absolute atomic E-state index is 11.9. The van der Waals surface area contributed by atoms with Crippen molar-refractivity contribution in [3.8, 4) is 0 Å². The van der Waals surface area contributed by atoms with Crippen LogP contribution < -0.4 is 0 Å². The zero-order valence-corrected chi connectivity index (χ0v) is 8.95. The lowest BCUT2D eigenvalue weighted by molar-refractivity contribution is -0.383. The molecule has 0 spiro atoms. The van der Waals surface area contributed by atoms with Crippen LogP contribution >= 0.6 is 0 Å². The van der Waals surface area contributed by atoms with Gasteiger partial charge in [0, 0.05) is 17.0 Å². The van der Waals surface area contributed by atoms with Gasteiger partial charge in [0.05, 0.1) is 15.9 Å². The van der Waals surface area contributed by atoms with Crippen LogP contribution in [0.5, 0.6) is 0 Å². The van der Waals surface area contributed by atoms with Crippen molar-refractivity contribution in [2.75, 3.05) is 0 Å².